The topological polar surface area (TPSA) is 97.4 Å². The van der Waals surface area contributed by atoms with Crippen LogP contribution in [-0.2, 0) is 11.3 Å². The molecule has 3 rings (SSSR count). The molecule has 2 atom stereocenters. The van der Waals surface area contributed by atoms with Crippen LogP contribution >= 0.6 is 0 Å². The zero-order valence-electron chi connectivity index (χ0n) is 13.7. The maximum atomic E-state index is 12.8. The summed E-state index contributed by atoms with van der Waals surface area (Å²) < 4.78 is 1.39. The van der Waals surface area contributed by atoms with E-state index in [2.05, 4.69) is 28.8 Å². The van der Waals surface area contributed by atoms with E-state index in [-0.39, 0.29) is 24.3 Å². The molecule has 0 aliphatic carbocycles. The van der Waals surface area contributed by atoms with Gasteiger partial charge < -0.3 is 10.6 Å². The van der Waals surface area contributed by atoms with Gasteiger partial charge in [-0.2, -0.15) is 0 Å². The van der Waals surface area contributed by atoms with E-state index >= 15 is 0 Å². The molecule has 2 fully saturated rings. The first-order valence-corrected chi connectivity index (χ1v) is 8.18. The van der Waals surface area contributed by atoms with Gasteiger partial charge in [0, 0.05) is 25.2 Å². The first-order chi connectivity index (χ1) is 11.0. The van der Waals surface area contributed by atoms with Crippen LogP contribution in [0.5, 0.6) is 0 Å². The van der Waals surface area contributed by atoms with Crippen LogP contribution in [-0.4, -0.2) is 68.1 Å². The zero-order valence-corrected chi connectivity index (χ0v) is 13.7. The van der Waals surface area contributed by atoms with Gasteiger partial charge in [-0.1, -0.05) is 13.8 Å². The molecule has 2 aliphatic heterocycles. The van der Waals surface area contributed by atoms with Crippen LogP contribution < -0.4 is 5.73 Å². The minimum Gasteiger partial charge on any atom is -0.363 e. The van der Waals surface area contributed by atoms with Gasteiger partial charge in [0.25, 0.3) is 5.91 Å². The van der Waals surface area contributed by atoms with Crippen molar-refractivity contribution < 1.29 is 9.59 Å². The molecule has 2 saturated heterocycles. The predicted octanol–water partition coefficient (Wildman–Crippen LogP) is -0.292. The normalized spacial score (nSPS) is 24.9. The minimum absolute atomic E-state index is 0.0242. The van der Waals surface area contributed by atoms with Crippen molar-refractivity contribution >= 4 is 11.8 Å². The molecule has 2 amide bonds. The summed E-state index contributed by atoms with van der Waals surface area (Å²) in [7, 11) is 0. The molecule has 0 bridgehead atoms. The molecule has 2 N–H and O–H groups in total. The molecule has 0 aromatic carbocycles. The molecule has 8 heteroatoms. The van der Waals surface area contributed by atoms with Crippen molar-refractivity contribution in [2.45, 2.75) is 45.3 Å². The number of fused-ring (bicyclic) bond motifs is 1. The van der Waals surface area contributed by atoms with E-state index in [1.54, 1.807) is 0 Å². The predicted molar refractivity (Wildman–Crippen MR) is 83.5 cm³/mol. The maximum absolute atomic E-state index is 12.8. The number of amides is 2. The Balaban J connectivity index is 1.71. The lowest BCUT2D eigenvalue weighted by Gasteiger charge is -2.45. The smallest absolute Gasteiger partial charge is 0.288 e. The standard InChI is InChI=1S/C15H24N6O2/c1-10(2)12-7-19-5-3-4-11(19)6-21(12)13(22)8-20-9-17-15(18-20)14(16)23/h9-12H,3-8H2,1-2H3,(H2,16,23)/t11-,12-/m0/s1. The fourth-order valence-corrected chi connectivity index (χ4v) is 3.61. The molecule has 0 unspecified atom stereocenters. The summed E-state index contributed by atoms with van der Waals surface area (Å²) in [6, 6.07) is 0.696. The summed E-state index contributed by atoms with van der Waals surface area (Å²) in [4.78, 5) is 32.1. The Hall–Kier alpha value is -1.96. The summed E-state index contributed by atoms with van der Waals surface area (Å²) >= 11 is 0. The molecule has 0 spiro atoms. The molecule has 8 nitrogen and oxygen atoms in total. The van der Waals surface area contributed by atoms with E-state index in [1.807, 2.05) is 4.90 Å². The third-order valence-corrected chi connectivity index (χ3v) is 4.87. The second kappa shape index (κ2) is 6.27. The molecule has 1 aromatic heterocycles. The van der Waals surface area contributed by atoms with Gasteiger partial charge in [0.1, 0.15) is 12.9 Å². The summed E-state index contributed by atoms with van der Waals surface area (Å²) in [6.07, 6.45) is 3.75. The second-order valence-electron chi connectivity index (χ2n) is 6.78. The van der Waals surface area contributed by atoms with Gasteiger partial charge in [-0.05, 0) is 25.3 Å². The minimum atomic E-state index is -0.684. The van der Waals surface area contributed by atoms with Crippen LogP contribution in [0.3, 0.4) is 0 Å². The second-order valence-corrected chi connectivity index (χ2v) is 6.78. The lowest BCUT2D eigenvalue weighted by Crippen LogP contribution is -2.60. The van der Waals surface area contributed by atoms with Gasteiger partial charge in [-0.15, -0.1) is 5.10 Å². The fourth-order valence-electron chi connectivity index (χ4n) is 3.61. The van der Waals surface area contributed by atoms with E-state index in [4.69, 9.17) is 5.73 Å². The number of aromatic nitrogens is 3. The SMILES string of the molecule is CC(C)[C@@H]1CN2CCC[C@H]2CN1C(=O)Cn1cnc(C(N)=O)n1. The first kappa shape index (κ1) is 15.9. The molecule has 3 heterocycles. The van der Waals surface area contributed by atoms with Gasteiger partial charge in [-0.3, -0.25) is 14.5 Å². The Morgan fingerprint density at radius 3 is 2.83 bits per heavy atom. The fraction of sp³-hybridized carbons (Fsp3) is 0.733. The average molecular weight is 320 g/mol. The summed E-state index contributed by atoms with van der Waals surface area (Å²) in [5, 5.41) is 3.95. The Labute approximate surface area is 135 Å². The van der Waals surface area contributed by atoms with E-state index in [9.17, 15) is 9.59 Å². The van der Waals surface area contributed by atoms with Crippen LogP contribution in [0.1, 0.15) is 37.3 Å². The molecule has 126 valence electrons. The van der Waals surface area contributed by atoms with E-state index in [0.29, 0.717) is 12.0 Å². The summed E-state index contributed by atoms with van der Waals surface area (Å²) in [5.41, 5.74) is 5.14. The molecule has 2 aliphatic rings. The van der Waals surface area contributed by atoms with Gasteiger partial charge in [0.15, 0.2) is 0 Å². The number of hydrogen-bond acceptors (Lipinski definition) is 5. The van der Waals surface area contributed by atoms with Gasteiger partial charge in [0.2, 0.25) is 11.7 Å². The van der Waals surface area contributed by atoms with Crippen LogP contribution in [0, 0.1) is 5.92 Å². The molecular weight excluding hydrogens is 296 g/mol. The van der Waals surface area contributed by atoms with Crippen LogP contribution in [0.4, 0.5) is 0 Å². The molecule has 0 radical (unpaired) electrons. The number of piperazine rings is 1. The monoisotopic (exact) mass is 320 g/mol. The van der Waals surface area contributed by atoms with E-state index in [1.165, 1.54) is 17.4 Å². The van der Waals surface area contributed by atoms with Gasteiger partial charge >= 0.3 is 0 Å². The Morgan fingerprint density at radius 2 is 2.17 bits per heavy atom. The number of nitrogens with zero attached hydrogens (tertiary/aromatic N) is 5. The maximum Gasteiger partial charge on any atom is 0.288 e. The van der Waals surface area contributed by atoms with E-state index in [0.717, 1.165) is 26.1 Å². The van der Waals surface area contributed by atoms with Crippen molar-refractivity contribution in [1.82, 2.24) is 24.6 Å². The van der Waals surface area contributed by atoms with Crippen LogP contribution in [0.2, 0.25) is 0 Å². The highest BCUT2D eigenvalue weighted by Gasteiger charge is 2.39. The number of carbonyl (C=O) groups excluding carboxylic acids is 2. The van der Waals surface area contributed by atoms with Crippen molar-refractivity contribution in [2.24, 2.45) is 11.7 Å². The average Bonchev–Trinajstić information content (AvgIpc) is 3.13. The summed E-state index contributed by atoms with van der Waals surface area (Å²) in [5.74, 6) is -0.316. The quantitative estimate of drug-likeness (QED) is 0.822. The molecular formula is C15H24N6O2. The van der Waals surface area contributed by atoms with Crippen molar-refractivity contribution in [3.05, 3.63) is 12.2 Å². The van der Waals surface area contributed by atoms with Crippen molar-refractivity contribution in [1.29, 1.82) is 0 Å². The Bertz CT molecular complexity index is 599. The third-order valence-electron chi connectivity index (χ3n) is 4.87. The Kier molecular flexibility index (Phi) is 4.34. The third kappa shape index (κ3) is 3.21. The summed E-state index contributed by atoms with van der Waals surface area (Å²) in [6.45, 7) is 7.26. The van der Waals surface area contributed by atoms with Crippen LogP contribution in [0.25, 0.3) is 0 Å². The lowest BCUT2D eigenvalue weighted by atomic mass is 9.97. The van der Waals surface area contributed by atoms with Crippen molar-refractivity contribution in [3.63, 3.8) is 0 Å². The largest absolute Gasteiger partial charge is 0.363 e. The zero-order chi connectivity index (χ0) is 16.6. The van der Waals surface area contributed by atoms with Crippen molar-refractivity contribution in [3.8, 4) is 0 Å². The molecule has 0 saturated carbocycles. The highest BCUT2D eigenvalue weighted by atomic mass is 16.2. The van der Waals surface area contributed by atoms with Gasteiger partial charge in [0.05, 0.1) is 0 Å². The Morgan fingerprint density at radius 1 is 1.39 bits per heavy atom. The highest BCUT2D eigenvalue weighted by molar-refractivity contribution is 5.88. The van der Waals surface area contributed by atoms with Crippen molar-refractivity contribution in [2.75, 3.05) is 19.6 Å². The number of rotatable bonds is 4. The number of hydrogen-bond donors (Lipinski definition) is 1. The number of nitrogens with two attached hydrogens (primary N) is 1. The number of primary amides is 1. The van der Waals surface area contributed by atoms with E-state index < -0.39 is 5.91 Å². The highest BCUT2D eigenvalue weighted by Crippen LogP contribution is 2.27. The molecule has 23 heavy (non-hydrogen) atoms. The lowest BCUT2D eigenvalue weighted by molar-refractivity contribution is -0.139. The first-order valence-electron chi connectivity index (χ1n) is 8.18. The molecule has 1 aromatic rings. The van der Waals surface area contributed by atoms with Crippen LogP contribution in [0.15, 0.2) is 6.33 Å². The van der Waals surface area contributed by atoms with Gasteiger partial charge in [-0.25, -0.2) is 9.67 Å². The number of carbonyl (C=O) groups is 2.